The number of hydrogen-bond acceptors (Lipinski definition) is 2. The van der Waals surface area contributed by atoms with E-state index >= 15 is 0 Å². The number of Topliss-reactive ketones (excluding diaryl/α,β-unsaturated/α-hetero) is 1. The molecule has 2 aliphatic rings. The van der Waals surface area contributed by atoms with Crippen molar-refractivity contribution in [2.24, 2.45) is 0 Å². The van der Waals surface area contributed by atoms with Gasteiger partial charge in [-0.1, -0.05) is 24.3 Å². The average Bonchev–Trinajstić information content (AvgIpc) is 2.63. The van der Waals surface area contributed by atoms with Gasteiger partial charge in [-0.3, -0.25) is 14.5 Å². The fraction of sp³-hybridized carbons (Fsp3) is 0.273. The van der Waals surface area contributed by atoms with Crippen LogP contribution >= 0.6 is 0 Å². The fourth-order valence-corrected chi connectivity index (χ4v) is 4.13. The van der Waals surface area contributed by atoms with Gasteiger partial charge in [0.15, 0.2) is 5.78 Å². The fourth-order valence-electron chi connectivity index (χ4n) is 4.13. The van der Waals surface area contributed by atoms with Gasteiger partial charge in [0.25, 0.3) is 0 Å². The number of ketones is 1. The molecule has 1 unspecified atom stereocenters. The summed E-state index contributed by atoms with van der Waals surface area (Å²) in [7, 11) is 0. The summed E-state index contributed by atoms with van der Waals surface area (Å²) in [5, 5.41) is 0. The van der Waals surface area contributed by atoms with Gasteiger partial charge in [-0.15, -0.1) is 0 Å². The summed E-state index contributed by atoms with van der Waals surface area (Å²) in [6.07, 6.45) is 2.20. The Labute approximate surface area is 152 Å². The molecule has 1 aliphatic heterocycles. The Kier molecular flexibility index (Phi) is 4.19. The molecule has 0 radical (unpaired) electrons. The average molecular weight is 349 g/mol. The third-order valence-electron chi connectivity index (χ3n) is 5.32. The number of rotatable bonds is 2. The van der Waals surface area contributed by atoms with Crippen molar-refractivity contribution in [2.75, 3.05) is 4.90 Å². The molecule has 3 nitrogen and oxygen atoms in total. The number of anilines is 1. The van der Waals surface area contributed by atoms with Gasteiger partial charge in [0.2, 0.25) is 5.91 Å². The first-order chi connectivity index (χ1) is 12.6. The Balaban J connectivity index is 1.87. The van der Waals surface area contributed by atoms with Crippen molar-refractivity contribution in [3.8, 4) is 0 Å². The van der Waals surface area contributed by atoms with Gasteiger partial charge in [0.05, 0.1) is 0 Å². The first-order valence-electron chi connectivity index (χ1n) is 8.96. The minimum absolute atomic E-state index is 0.0432. The zero-order valence-electron chi connectivity index (χ0n) is 14.7. The SMILES string of the molecule is Cc1ccccc1C1CC(=O)N(c2ccc(F)cc2)C2=C1C(=O)CCC2. The molecule has 0 fully saturated rings. The lowest BCUT2D eigenvalue weighted by atomic mass is 9.76. The molecule has 132 valence electrons. The lowest BCUT2D eigenvalue weighted by Gasteiger charge is -2.38. The van der Waals surface area contributed by atoms with E-state index in [1.807, 2.05) is 31.2 Å². The molecule has 4 rings (SSSR count). The lowest BCUT2D eigenvalue weighted by molar-refractivity contribution is -0.119. The van der Waals surface area contributed by atoms with Gasteiger partial charge in [-0.05, 0) is 55.2 Å². The highest BCUT2D eigenvalue weighted by atomic mass is 19.1. The van der Waals surface area contributed by atoms with Crippen LogP contribution in [0, 0.1) is 12.7 Å². The molecule has 0 saturated carbocycles. The summed E-state index contributed by atoms with van der Waals surface area (Å²) >= 11 is 0. The van der Waals surface area contributed by atoms with Gasteiger partial charge in [0, 0.05) is 35.7 Å². The van der Waals surface area contributed by atoms with Gasteiger partial charge >= 0.3 is 0 Å². The quantitative estimate of drug-likeness (QED) is 0.791. The molecule has 1 amide bonds. The van der Waals surface area contributed by atoms with Crippen molar-refractivity contribution in [3.63, 3.8) is 0 Å². The lowest BCUT2D eigenvalue weighted by Crippen LogP contribution is -2.40. The molecule has 2 aromatic carbocycles. The molecule has 0 aromatic heterocycles. The van der Waals surface area contributed by atoms with E-state index < -0.39 is 0 Å². The third-order valence-corrected chi connectivity index (χ3v) is 5.32. The molecular weight excluding hydrogens is 329 g/mol. The highest BCUT2D eigenvalue weighted by Gasteiger charge is 2.39. The molecule has 0 N–H and O–H groups in total. The second kappa shape index (κ2) is 6.52. The maximum absolute atomic E-state index is 13.3. The number of carbonyl (C=O) groups excluding carboxylic acids is 2. The van der Waals surface area contributed by atoms with Crippen molar-refractivity contribution < 1.29 is 14.0 Å². The predicted molar refractivity (Wildman–Crippen MR) is 98.3 cm³/mol. The summed E-state index contributed by atoms with van der Waals surface area (Å²) in [5.41, 5.74) is 4.31. The van der Waals surface area contributed by atoms with E-state index in [0.717, 1.165) is 28.8 Å². The van der Waals surface area contributed by atoms with Gasteiger partial charge in [-0.2, -0.15) is 0 Å². The zero-order valence-corrected chi connectivity index (χ0v) is 14.7. The number of amides is 1. The molecule has 1 aliphatic carbocycles. The van der Waals surface area contributed by atoms with Gasteiger partial charge in [0.1, 0.15) is 5.82 Å². The molecule has 0 spiro atoms. The Morgan fingerprint density at radius 2 is 1.73 bits per heavy atom. The van der Waals surface area contributed by atoms with E-state index in [2.05, 4.69) is 0 Å². The maximum Gasteiger partial charge on any atom is 0.232 e. The van der Waals surface area contributed by atoms with Crippen molar-refractivity contribution in [1.82, 2.24) is 0 Å². The topological polar surface area (TPSA) is 37.4 Å². The monoisotopic (exact) mass is 349 g/mol. The highest BCUT2D eigenvalue weighted by Crippen LogP contribution is 2.43. The van der Waals surface area contributed by atoms with Crippen LogP contribution in [0.4, 0.5) is 10.1 Å². The maximum atomic E-state index is 13.3. The minimum Gasteiger partial charge on any atom is -0.294 e. The second-order valence-corrected chi connectivity index (χ2v) is 6.96. The normalized spacial score (nSPS) is 20.4. The van der Waals surface area contributed by atoms with Crippen LogP contribution in [-0.4, -0.2) is 11.7 Å². The number of carbonyl (C=O) groups is 2. The Morgan fingerprint density at radius 1 is 1.00 bits per heavy atom. The highest BCUT2D eigenvalue weighted by molar-refractivity contribution is 6.07. The van der Waals surface area contributed by atoms with Crippen molar-refractivity contribution in [3.05, 3.63) is 76.7 Å². The van der Waals surface area contributed by atoms with E-state index in [1.54, 1.807) is 17.0 Å². The molecular formula is C22H20FNO2. The van der Waals surface area contributed by atoms with Crippen molar-refractivity contribution in [1.29, 1.82) is 0 Å². The van der Waals surface area contributed by atoms with Crippen LogP contribution in [0.15, 0.2) is 59.8 Å². The number of halogens is 1. The summed E-state index contributed by atoms with van der Waals surface area (Å²) in [6.45, 7) is 2.01. The van der Waals surface area contributed by atoms with Crippen LogP contribution in [0.1, 0.15) is 42.7 Å². The van der Waals surface area contributed by atoms with E-state index in [4.69, 9.17) is 0 Å². The Hall–Kier alpha value is -2.75. The first-order valence-corrected chi connectivity index (χ1v) is 8.96. The Bertz CT molecular complexity index is 914. The standard InChI is InChI=1S/C22H20FNO2/c1-14-5-2-3-6-17(14)18-13-21(26)24(16-11-9-15(23)10-12-16)19-7-4-8-20(25)22(18)19/h2-3,5-6,9-12,18H,4,7-8,13H2,1H3. The number of allylic oxidation sites excluding steroid dienone is 2. The van der Waals surface area contributed by atoms with E-state index in [1.165, 1.54) is 12.1 Å². The predicted octanol–water partition coefficient (Wildman–Crippen LogP) is 4.66. The number of benzene rings is 2. The number of hydrogen-bond donors (Lipinski definition) is 0. The largest absolute Gasteiger partial charge is 0.294 e. The second-order valence-electron chi connectivity index (χ2n) is 6.96. The number of nitrogens with zero attached hydrogens (tertiary/aromatic N) is 1. The van der Waals surface area contributed by atoms with Crippen molar-refractivity contribution >= 4 is 17.4 Å². The zero-order chi connectivity index (χ0) is 18.3. The Morgan fingerprint density at radius 3 is 2.46 bits per heavy atom. The summed E-state index contributed by atoms with van der Waals surface area (Å²) in [5.74, 6) is -0.453. The van der Waals surface area contributed by atoms with Crippen LogP contribution < -0.4 is 4.90 Å². The summed E-state index contributed by atoms with van der Waals surface area (Å²) in [6, 6.07) is 13.8. The smallest absolute Gasteiger partial charge is 0.232 e. The molecule has 0 bridgehead atoms. The summed E-state index contributed by atoms with van der Waals surface area (Å²) < 4.78 is 13.3. The summed E-state index contributed by atoms with van der Waals surface area (Å²) in [4.78, 5) is 27.5. The van der Waals surface area contributed by atoms with E-state index in [9.17, 15) is 14.0 Å². The van der Waals surface area contributed by atoms with E-state index in [0.29, 0.717) is 18.5 Å². The van der Waals surface area contributed by atoms with Crippen LogP contribution in [0.3, 0.4) is 0 Å². The van der Waals surface area contributed by atoms with Crippen molar-refractivity contribution in [2.45, 2.75) is 38.5 Å². The molecule has 1 heterocycles. The van der Waals surface area contributed by atoms with Gasteiger partial charge < -0.3 is 0 Å². The molecule has 26 heavy (non-hydrogen) atoms. The third kappa shape index (κ3) is 2.75. The molecule has 1 atom stereocenters. The van der Waals surface area contributed by atoms with Crippen LogP contribution in [0.5, 0.6) is 0 Å². The van der Waals surface area contributed by atoms with E-state index in [-0.39, 0.29) is 29.8 Å². The molecule has 2 aromatic rings. The van der Waals surface area contributed by atoms with Crippen LogP contribution in [0.2, 0.25) is 0 Å². The van der Waals surface area contributed by atoms with Gasteiger partial charge in [-0.25, -0.2) is 4.39 Å². The minimum atomic E-state index is -0.343. The molecule has 4 heteroatoms. The first kappa shape index (κ1) is 16.7. The van der Waals surface area contributed by atoms with Crippen LogP contribution in [-0.2, 0) is 9.59 Å². The van der Waals surface area contributed by atoms with Crippen LogP contribution in [0.25, 0.3) is 0 Å². The molecule has 0 saturated heterocycles. The number of aryl methyl sites for hydroxylation is 1.